The molecule has 0 aromatic heterocycles. The number of hydrogen-bond donors (Lipinski definition) is 6. The van der Waals surface area contributed by atoms with Crippen LogP contribution in [0.15, 0.2) is 119 Å². The van der Waals surface area contributed by atoms with Crippen molar-refractivity contribution in [2.75, 3.05) is 50.2 Å². The Morgan fingerprint density at radius 3 is 2.00 bits per heavy atom. The number of anilines is 2. The summed E-state index contributed by atoms with van der Waals surface area (Å²) in [6.45, 7) is 12.8. The zero-order valence-electron chi connectivity index (χ0n) is 32.0. The summed E-state index contributed by atoms with van der Waals surface area (Å²) in [5, 5.41) is 25.7. The van der Waals surface area contributed by atoms with Gasteiger partial charge in [-0.2, -0.15) is 0 Å². The second-order valence-electron chi connectivity index (χ2n) is 12.1. The molecule has 14 heteroatoms. The van der Waals surface area contributed by atoms with Gasteiger partial charge in [0.1, 0.15) is 17.4 Å². The van der Waals surface area contributed by atoms with Crippen molar-refractivity contribution in [2.45, 2.75) is 40.2 Å². The lowest BCUT2D eigenvalue weighted by molar-refractivity contribution is 0.0512. The van der Waals surface area contributed by atoms with Gasteiger partial charge in [-0.05, 0) is 85.3 Å². The number of benzene rings is 4. The van der Waals surface area contributed by atoms with Crippen molar-refractivity contribution >= 4 is 58.2 Å². The largest absolute Gasteiger partial charge is 0.508 e. The second kappa shape index (κ2) is 25.6. The summed E-state index contributed by atoms with van der Waals surface area (Å²) in [5.41, 5.74) is 3.27. The van der Waals surface area contributed by atoms with Gasteiger partial charge in [0.25, 0.3) is 11.8 Å². The fourth-order valence-electron chi connectivity index (χ4n) is 4.48. The highest BCUT2D eigenvalue weighted by Crippen LogP contribution is 2.22. The number of phenols is 1. The lowest BCUT2D eigenvalue weighted by Gasteiger charge is -2.16. The average molecular weight is 805 g/mol. The smallest absolute Gasteiger partial charge is 0.251 e. The molecule has 0 unspecified atom stereocenters. The number of halogens is 2. The van der Waals surface area contributed by atoms with E-state index in [4.69, 9.17) is 32.7 Å². The van der Waals surface area contributed by atoms with Crippen molar-refractivity contribution in [2.24, 2.45) is 9.98 Å². The van der Waals surface area contributed by atoms with Crippen molar-refractivity contribution in [3.63, 3.8) is 0 Å². The standard InChI is InChI=1S/C38H41Cl2N7O5.C4H10/c1-26(41-18-20-51-22-23-52-21-19-42-36(49)29-6-4-3-5-7-29)45-38(47-32-13-15-33(48)16-14-32)46-27(2)44-31-11-9-30(10-12-31)37(50)43-25-28-8-17-34(39)35(40)24-28;1-3-4-2/h3-17,24,44,48H,2,18-23,25H2,1H3,(H,42,49)(H,43,50)(H2,41,45,46,47);3-4H2,1-2H3. The van der Waals surface area contributed by atoms with E-state index in [1.54, 1.807) is 85.8 Å². The Balaban J connectivity index is 0.00000200. The third kappa shape index (κ3) is 17.8. The number of aliphatic imine (C=N–C) groups is 2. The van der Waals surface area contributed by atoms with Gasteiger partial charge in [0.05, 0.1) is 43.0 Å². The summed E-state index contributed by atoms with van der Waals surface area (Å²) in [5.74, 6) is 0.964. The van der Waals surface area contributed by atoms with Crippen molar-refractivity contribution in [1.29, 1.82) is 0 Å². The Morgan fingerprint density at radius 1 is 0.732 bits per heavy atom. The molecule has 298 valence electrons. The van der Waals surface area contributed by atoms with E-state index in [-0.39, 0.29) is 17.6 Å². The summed E-state index contributed by atoms with van der Waals surface area (Å²) in [6, 6.07) is 27.6. The number of unbranched alkanes of at least 4 members (excludes halogenated alkanes) is 1. The quantitative estimate of drug-likeness (QED) is 0.0254. The number of nitrogens with one attached hydrogen (secondary N) is 5. The minimum Gasteiger partial charge on any atom is -0.508 e. The van der Waals surface area contributed by atoms with E-state index in [2.05, 4.69) is 57.0 Å². The summed E-state index contributed by atoms with van der Waals surface area (Å²) < 4.78 is 11.1. The molecule has 0 radical (unpaired) electrons. The predicted octanol–water partition coefficient (Wildman–Crippen LogP) is 8.26. The van der Waals surface area contributed by atoms with Gasteiger partial charge in [-0.25, -0.2) is 4.99 Å². The molecule has 6 N–H and O–H groups in total. The fraction of sp³-hybridized carbons (Fsp3) is 0.286. The third-order valence-electron chi connectivity index (χ3n) is 7.57. The SMILES string of the molecule is C=C(NC(=NC(C)=NCCOCCOCCNC(=O)c1ccccc1)Nc1ccc(O)cc1)Nc1ccc(C(=O)NCc2ccc(Cl)c(Cl)c2)cc1.CCCC. The number of guanidine groups is 1. The third-order valence-corrected chi connectivity index (χ3v) is 8.31. The summed E-state index contributed by atoms with van der Waals surface area (Å²) in [6.07, 6.45) is 2.64. The monoisotopic (exact) mass is 803 g/mol. The van der Waals surface area contributed by atoms with Crippen LogP contribution in [0, 0.1) is 0 Å². The molecule has 4 aromatic carbocycles. The maximum atomic E-state index is 12.7. The first-order valence-electron chi connectivity index (χ1n) is 18.3. The summed E-state index contributed by atoms with van der Waals surface area (Å²) in [7, 11) is 0. The van der Waals surface area contributed by atoms with Crippen molar-refractivity contribution < 1.29 is 24.2 Å². The van der Waals surface area contributed by atoms with E-state index in [0.717, 1.165) is 5.56 Å². The van der Waals surface area contributed by atoms with E-state index < -0.39 is 0 Å². The molecule has 0 fully saturated rings. The molecule has 56 heavy (non-hydrogen) atoms. The first kappa shape index (κ1) is 45.0. The molecule has 0 saturated heterocycles. The van der Waals surface area contributed by atoms with E-state index >= 15 is 0 Å². The van der Waals surface area contributed by atoms with Crippen LogP contribution in [-0.4, -0.2) is 68.2 Å². The minimum absolute atomic E-state index is 0.132. The fourth-order valence-corrected chi connectivity index (χ4v) is 4.80. The first-order valence-corrected chi connectivity index (χ1v) is 19.0. The summed E-state index contributed by atoms with van der Waals surface area (Å²) in [4.78, 5) is 33.8. The van der Waals surface area contributed by atoms with Crippen LogP contribution >= 0.6 is 23.2 Å². The number of phenolic OH excluding ortho intramolecular Hbond substituents is 1. The molecule has 4 rings (SSSR count). The van der Waals surface area contributed by atoms with Crippen LogP contribution < -0.4 is 26.6 Å². The topological polar surface area (TPSA) is 158 Å². The number of carbonyl (C=O) groups excluding carboxylic acids is 2. The number of ether oxygens (including phenoxy) is 2. The van der Waals surface area contributed by atoms with Gasteiger partial charge in [0.15, 0.2) is 0 Å². The average Bonchev–Trinajstić information content (AvgIpc) is 3.20. The van der Waals surface area contributed by atoms with Gasteiger partial charge >= 0.3 is 0 Å². The van der Waals surface area contributed by atoms with Crippen molar-refractivity contribution in [3.8, 4) is 5.75 Å². The Hall–Kier alpha value is -5.40. The van der Waals surface area contributed by atoms with Gasteiger partial charge in [-0.3, -0.25) is 14.6 Å². The minimum atomic E-state index is -0.239. The molecular formula is C42H51Cl2N7O5. The molecule has 4 aromatic rings. The molecular weight excluding hydrogens is 753 g/mol. The van der Waals surface area contributed by atoms with Gasteiger partial charge in [0, 0.05) is 35.6 Å². The first-order chi connectivity index (χ1) is 27.1. The van der Waals surface area contributed by atoms with Gasteiger partial charge in [-0.1, -0.05) is 80.7 Å². The van der Waals surface area contributed by atoms with Crippen LogP contribution in [0.25, 0.3) is 0 Å². The van der Waals surface area contributed by atoms with Crippen LogP contribution in [0.2, 0.25) is 10.0 Å². The van der Waals surface area contributed by atoms with Crippen LogP contribution in [-0.2, 0) is 16.0 Å². The lowest BCUT2D eigenvalue weighted by Crippen LogP contribution is -2.33. The number of amides is 2. The Kier molecular flexibility index (Phi) is 20.6. The van der Waals surface area contributed by atoms with Crippen LogP contribution in [0.3, 0.4) is 0 Å². The zero-order valence-corrected chi connectivity index (χ0v) is 33.6. The molecule has 12 nitrogen and oxygen atoms in total. The normalized spacial score (nSPS) is 11.2. The number of aromatic hydroxyl groups is 1. The maximum absolute atomic E-state index is 12.7. The molecule has 0 atom stereocenters. The summed E-state index contributed by atoms with van der Waals surface area (Å²) >= 11 is 12.0. The lowest BCUT2D eigenvalue weighted by atomic mass is 10.1. The number of nitrogens with zero attached hydrogens (tertiary/aromatic N) is 2. The maximum Gasteiger partial charge on any atom is 0.251 e. The van der Waals surface area contributed by atoms with E-state index in [9.17, 15) is 14.7 Å². The Morgan fingerprint density at radius 2 is 1.34 bits per heavy atom. The van der Waals surface area contributed by atoms with Crippen LogP contribution in [0.5, 0.6) is 5.75 Å². The molecule has 0 aliphatic heterocycles. The predicted molar refractivity (Wildman–Crippen MR) is 228 cm³/mol. The molecule has 0 aliphatic rings. The molecule has 0 aliphatic carbocycles. The molecule has 0 heterocycles. The molecule has 0 bridgehead atoms. The van der Waals surface area contributed by atoms with Gasteiger partial charge in [-0.15, -0.1) is 0 Å². The molecule has 2 amide bonds. The highest BCUT2D eigenvalue weighted by atomic mass is 35.5. The number of carbonyl (C=O) groups is 2. The van der Waals surface area contributed by atoms with E-state index in [1.807, 2.05) is 18.2 Å². The van der Waals surface area contributed by atoms with Gasteiger partial charge < -0.3 is 41.2 Å². The van der Waals surface area contributed by atoms with E-state index in [0.29, 0.717) is 96.2 Å². The van der Waals surface area contributed by atoms with Crippen molar-refractivity contribution in [3.05, 3.63) is 136 Å². The zero-order chi connectivity index (χ0) is 40.5. The Labute approximate surface area is 339 Å². The van der Waals surface area contributed by atoms with Crippen LogP contribution in [0.4, 0.5) is 11.4 Å². The Bertz CT molecular complexity index is 1870. The second-order valence-corrected chi connectivity index (χ2v) is 13.0. The molecule has 0 saturated carbocycles. The van der Waals surface area contributed by atoms with Gasteiger partial charge in [0.2, 0.25) is 5.96 Å². The molecule has 0 spiro atoms. The number of hydrogen-bond acceptors (Lipinski definition) is 7. The number of rotatable bonds is 18. The van der Waals surface area contributed by atoms with E-state index in [1.165, 1.54) is 12.8 Å². The number of amidine groups is 1. The highest BCUT2D eigenvalue weighted by molar-refractivity contribution is 6.42. The highest BCUT2D eigenvalue weighted by Gasteiger charge is 2.09. The van der Waals surface area contributed by atoms with Crippen LogP contribution in [0.1, 0.15) is 59.9 Å². The van der Waals surface area contributed by atoms with Crippen molar-refractivity contribution in [1.82, 2.24) is 16.0 Å².